The first-order chi connectivity index (χ1) is 11.5. The first-order valence-electron chi connectivity index (χ1n) is 7.28. The molecule has 0 saturated heterocycles. The lowest BCUT2D eigenvalue weighted by atomic mass is 9.91. The van der Waals surface area contributed by atoms with Crippen LogP contribution < -0.4 is 5.30 Å². The summed E-state index contributed by atoms with van der Waals surface area (Å²) in [6, 6.07) is 23.4. The Morgan fingerprint density at radius 1 is 0.667 bits per heavy atom. The summed E-state index contributed by atoms with van der Waals surface area (Å²) in [4.78, 5) is 29.7. The molecule has 0 aromatic heterocycles. The SMILES string of the molecule is N#Cc1ccc([P+](O)(O)O)c(-c2ccccc2)c1-c1ccccc1. The molecule has 0 aliphatic heterocycles. The third-order valence-electron chi connectivity index (χ3n) is 3.75. The van der Waals surface area contributed by atoms with Gasteiger partial charge in [0, 0.05) is 11.1 Å². The molecule has 3 N–H and O–H groups in total. The van der Waals surface area contributed by atoms with E-state index in [-0.39, 0.29) is 5.30 Å². The maximum absolute atomic E-state index is 9.91. The van der Waals surface area contributed by atoms with Crippen molar-refractivity contribution in [2.75, 3.05) is 0 Å². The van der Waals surface area contributed by atoms with Crippen LogP contribution in [0.2, 0.25) is 0 Å². The number of hydrogen-bond donors (Lipinski definition) is 3. The highest BCUT2D eigenvalue weighted by Crippen LogP contribution is 2.48. The maximum Gasteiger partial charge on any atom is 0.441 e. The molecule has 0 aliphatic rings. The Labute approximate surface area is 140 Å². The normalized spacial score (nSPS) is 11.1. The molecule has 24 heavy (non-hydrogen) atoms. The van der Waals surface area contributed by atoms with Gasteiger partial charge in [-0.2, -0.15) is 19.9 Å². The highest BCUT2D eigenvalue weighted by molar-refractivity contribution is 7.67. The standard InChI is InChI=1S/C19H15NO3P/c20-13-16-11-12-17(24(21,22)23)19(15-9-5-2-6-10-15)18(16)14-7-3-1-4-8-14/h1-12,21-23H/q+1. The van der Waals surface area contributed by atoms with Crippen LogP contribution in [0, 0.1) is 11.3 Å². The van der Waals surface area contributed by atoms with Gasteiger partial charge in [0.05, 0.1) is 11.6 Å². The van der Waals surface area contributed by atoms with Crippen molar-refractivity contribution in [1.82, 2.24) is 0 Å². The molecule has 0 spiro atoms. The maximum atomic E-state index is 9.91. The van der Waals surface area contributed by atoms with E-state index in [0.717, 1.165) is 5.56 Å². The molecule has 0 unspecified atom stereocenters. The molecular formula is C19H15NO3P+. The molecule has 3 rings (SSSR count). The van der Waals surface area contributed by atoms with Crippen LogP contribution >= 0.6 is 7.94 Å². The third kappa shape index (κ3) is 3.07. The van der Waals surface area contributed by atoms with Gasteiger partial charge in [0.15, 0.2) is 5.30 Å². The second kappa shape index (κ2) is 6.52. The van der Waals surface area contributed by atoms with Crippen LogP contribution in [0.3, 0.4) is 0 Å². The van der Waals surface area contributed by atoms with Gasteiger partial charge in [-0.05, 0) is 23.3 Å². The fourth-order valence-electron chi connectivity index (χ4n) is 2.74. The van der Waals surface area contributed by atoms with Crippen molar-refractivity contribution >= 4 is 13.2 Å². The highest BCUT2D eigenvalue weighted by atomic mass is 31.2. The summed E-state index contributed by atoms with van der Waals surface area (Å²) < 4.78 is 0. The van der Waals surface area contributed by atoms with Gasteiger partial charge in [0.25, 0.3) is 0 Å². The lowest BCUT2D eigenvalue weighted by Gasteiger charge is -2.16. The summed E-state index contributed by atoms with van der Waals surface area (Å²) in [7, 11) is -4.26. The molecule has 4 nitrogen and oxygen atoms in total. The Hall–Kier alpha value is -2.54. The molecule has 3 aromatic carbocycles. The van der Waals surface area contributed by atoms with E-state index in [2.05, 4.69) is 6.07 Å². The molecule has 0 amide bonds. The van der Waals surface area contributed by atoms with Gasteiger partial charge < -0.3 is 0 Å². The Bertz CT molecular complexity index is 898. The van der Waals surface area contributed by atoms with Gasteiger partial charge in [-0.3, -0.25) is 0 Å². The van der Waals surface area contributed by atoms with E-state index < -0.39 is 7.94 Å². The van der Waals surface area contributed by atoms with Crippen molar-refractivity contribution in [3.63, 3.8) is 0 Å². The number of hydrogen-bond acceptors (Lipinski definition) is 4. The third-order valence-corrected chi connectivity index (χ3v) is 4.77. The van der Waals surface area contributed by atoms with Crippen molar-refractivity contribution in [3.8, 4) is 28.3 Å². The van der Waals surface area contributed by atoms with Gasteiger partial charge in [-0.25, -0.2) is 0 Å². The van der Waals surface area contributed by atoms with Gasteiger partial charge in [0.2, 0.25) is 0 Å². The van der Waals surface area contributed by atoms with E-state index in [4.69, 9.17) is 0 Å². The average Bonchev–Trinajstić information content (AvgIpc) is 2.61. The first kappa shape index (κ1) is 16.3. The zero-order valence-corrected chi connectivity index (χ0v) is 13.6. The van der Waals surface area contributed by atoms with Crippen LogP contribution in [0.15, 0.2) is 72.8 Å². The van der Waals surface area contributed by atoms with Crippen molar-refractivity contribution in [2.45, 2.75) is 0 Å². The van der Waals surface area contributed by atoms with Crippen molar-refractivity contribution in [2.24, 2.45) is 0 Å². The van der Waals surface area contributed by atoms with E-state index in [9.17, 15) is 19.9 Å². The largest absolute Gasteiger partial charge is 0.441 e. The predicted octanol–water partition coefficient (Wildman–Crippen LogP) is 3.26. The van der Waals surface area contributed by atoms with Crippen molar-refractivity contribution in [3.05, 3.63) is 78.4 Å². The molecule has 5 heteroatoms. The van der Waals surface area contributed by atoms with E-state index in [1.165, 1.54) is 12.1 Å². The zero-order valence-electron chi connectivity index (χ0n) is 12.7. The molecule has 0 saturated carbocycles. The van der Waals surface area contributed by atoms with Gasteiger partial charge in [0.1, 0.15) is 0 Å². The molecule has 0 radical (unpaired) electrons. The lowest BCUT2D eigenvalue weighted by Crippen LogP contribution is -2.14. The van der Waals surface area contributed by atoms with Gasteiger partial charge >= 0.3 is 7.94 Å². The Morgan fingerprint density at radius 3 is 1.62 bits per heavy atom. The topological polar surface area (TPSA) is 84.5 Å². The molecule has 0 heterocycles. The van der Waals surface area contributed by atoms with Crippen LogP contribution in [0.25, 0.3) is 22.3 Å². The monoisotopic (exact) mass is 336 g/mol. The van der Waals surface area contributed by atoms with Gasteiger partial charge in [-0.15, -0.1) is 0 Å². The summed E-state index contributed by atoms with van der Waals surface area (Å²) in [5, 5.41) is 9.55. The molecule has 3 aromatic rings. The van der Waals surface area contributed by atoms with Crippen LogP contribution in [0.5, 0.6) is 0 Å². The minimum atomic E-state index is -4.26. The van der Waals surface area contributed by atoms with Crippen LogP contribution in [-0.2, 0) is 0 Å². The smallest absolute Gasteiger partial charge is 0.192 e. The summed E-state index contributed by atoms with van der Waals surface area (Å²) >= 11 is 0. The molecule has 0 bridgehead atoms. The van der Waals surface area contributed by atoms with Crippen molar-refractivity contribution < 1.29 is 14.7 Å². The molecule has 0 fully saturated rings. The fourth-order valence-corrected chi connectivity index (χ4v) is 3.55. The number of nitrogens with zero attached hydrogens (tertiary/aromatic N) is 1. The Morgan fingerprint density at radius 2 is 1.17 bits per heavy atom. The van der Waals surface area contributed by atoms with Crippen LogP contribution in [-0.4, -0.2) is 14.7 Å². The van der Waals surface area contributed by atoms with Crippen LogP contribution in [0.4, 0.5) is 0 Å². The summed E-state index contributed by atoms with van der Waals surface area (Å²) in [5.74, 6) is 0. The molecular weight excluding hydrogens is 321 g/mol. The summed E-state index contributed by atoms with van der Waals surface area (Å²) in [6.45, 7) is 0. The van der Waals surface area contributed by atoms with E-state index in [0.29, 0.717) is 22.3 Å². The molecule has 0 atom stereocenters. The molecule has 118 valence electrons. The summed E-state index contributed by atoms with van der Waals surface area (Å²) in [6.07, 6.45) is 0. The number of nitriles is 1. The number of rotatable bonds is 3. The second-order valence-electron chi connectivity index (χ2n) is 5.29. The quantitative estimate of drug-likeness (QED) is 0.641. The number of benzene rings is 3. The second-order valence-corrected chi connectivity index (χ2v) is 6.91. The highest BCUT2D eigenvalue weighted by Gasteiger charge is 2.39. The van der Waals surface area contributed by atoms with Crippen molar-refractivity contribution in [1.29, 1.82) is 5.26 Å². The van der Waals surface area contributed by atoms with E-state index in [1.54, 1.807) is 0 Å². The van der Waals surface area contributed by atoms with Crippen LogP contribution in [0.1, 0.15) is 5.56 Å². The summed E-state index contributed by atoms with van der Waals surface area (Å²) in [5.41, 5.74) is 2.90. The van der Waals surface area contributed by atoms with Gasteiger partial charge in [-0.1, -0.05) is 60.7 Å². The lowest BCUT2D eigenvalue weighted by molar-refractivity contribution is 0.347. The Kier molecular flexibility index (Phi) is 4.44. The van der Waals surface area contributed by atoms with E-state index in [1.807, 2.05) is 60.7 Å². The Balaban J connectivity index is 2.44. The minimum absolute atomic E-state index is 0.0338. The predicted molar refractivity (Wildman–Crippen MR) is 95.2 cm³/mol. The first-order valence-corrected chi connectivity index (χ1v) is 8.93. The fraction of sp³-hybridized carbons (Fsp3) is 0. The average molecular weight is 336 g/mol. The zero-order chi connectivity index (χ0) is 17.2. The van der Waals surface area contributed by atoms with E-state index >= 15 is 0 Å². The molecule has 0 aliphatic carbocycles. The minimum Gasteiger partial charge on any atom is -0.192 e.